The molecule has 1 saturated carbocycles. The Morgan fingerprint density at radius 3 is 2.55 bits per heavy atom. The van der Waals surface area contributed by atoms with E-state index in [1.54, 1.807) is 0 Å². The summed E-state index contributed by atoms with van der Waals surface area (Å²) in [7, 11) is 0. The van der Waals surface area contributed by atoms with Crippen LogP contribution in [0.2, 0.25) is 0 Å². The molecule has 0 N–H and O–H groups in total. The Morgan fingerprint density at radius 1 is 1.18 bits per heavy atom. The maximum atomic E-state index is 3.29. The minimum absolute atomic E-state index is 0.776. The highest BCUT2D eigenvalue weighted by Gasteiger charge is 2.17. The van der Waals surface area contributed by atoms with Gasteiger partial charge in [-0.1, -0.05) is 11.8 Å². The lowest BCUT2D eigenvalue weighted by Gasteiger charge is -2.08. The van der Waals surface area contributed by atoms with Gasteiger partial charge >= 0.3 is 0 Å². The van der Waals surface area contributed by atoms with E-state index in [0.29, 0.717) is 0 Å². The fourth-order valence-electron chi connectivity index (χ4n) is 1.47. The van der Waals surface area contributed by atoms with Crippen LogP contribution in [0.15, 0.2) is 0 Å². The van der Waals surface area contributed by atoms with Crippen LogP contribution in [0.5, 0.6) is 0 Å². The van der Waals surface area contributed by atoms with Crippen molar-refractivity contribution >= 4 is 0 Å². The van der Waals surface area contributed by atoms with Gasteiger partial charge in [0, 0.05) is 5.92 Å². The van der Waals surface area contributed by atoms with E-state index in [0.717, 1.165) is 12.5 Å². The molecule has 0 atom stereocenters. The summed E-state index contributed by atoms with van der Waals surface area (Å²) >= 11 is 0. The number of nitrogens with zero attached hydrogens (tertiary/aromatic N) is 1. The van der Waals surface area contributed by atoms with Crippen molar-refractivity contribution in [1.29, 1.82) is 0 Å². The van der Waals surface area contributed by atoms with Crippen molar-refractivity contribution in [1.82, 2.24) is 4.90 Å². The van der Waals surface area contributed by atoms with Gasteiger partial charge < -0.3 is 0 Å². The summed E-state index contributed by atoms with van der Waals surface area (Å²) in [6, 6.07) is 0. The molecule has 0 unspecified atom stereocenters. The van der Waals surface area contributed by atoms with Gasteiger partial charge in [-0.2, -0.15) is 0 Å². The quantitative estimate of drug-likeness (QED) is 0.511. The third-order valence-corrected chi connectivity index (χ3v) is 2.38. The Bertz CT molecular complexity index is 177. The molecule has 0 aromatic heterocycles. The van der Waals surface area contributed by atoms with Gasteiger partial charge in [-0.05, 0) is 38.8 Å². The average molecular weight is 149 g/mol. The Morgan fingerprint density at radius 2 is 1.91 bits per heavy atom. The van der Waals surface area contributed by atoms with Crippen molar-refractivity contribution in [2.75, 3.05) is 19.6 Å². The Balaban J connectivity index is 1.68. The second kappa shape index (κ2) is 3.28. The van der Waals surface area contributed by atoms with E-state index in [1.165, 1.54) is 38.8 Å². The summed E-state index contributed by atoms with van der Waals surface area (Å²) < 4.78 is 0. The second-order valence-electron chi connectivity index (χ2n) is 3.58. The lowest BCUT2D eigenvalue weighted by molar-refractivity contribution is 0.383. The van der Waals surface area contributed by atoms with Crippen LogP contribution < -0.4 is 0 Å². The molecule has 0 bridgehead atoms. The maximum absolute atomic E-state index is 3.29. The zero-order chi connectivity index (χ0) is 7.52. The monoisotopic (exact) mass is 149 g/mol. The van der Waals surface area contributed by atoms with E-state index >= 15 is 0 Å². The van der Waals surface area contributed by atoms with Crippen molar-refractivity contribution in [2.24, 2.45) is 5.92 Å². The Hall–Kier alpha value is -0.480. The summed E-state index contributed by atoms with van der Waals surface area (Å²) in [5, 5.41) is 0. The molecule has 0 aromatic rings. The standard InChI is InChI=1S/C10H15N/c1-2-8-11(7-1)9-3-4-10-5-6-10/h10H,1-2,5-9H2. The molecule has 11 heavy (non-hydrogen) atoms. The van der Waals surface area contributed by atoms with Gasteiger partial charge in [0.2, 0.25) is 0 Å². The van der Waals surface area contributed by atoms with Crippen molar-refractivity contribution in [3.63, 3.8) is 0 Å². The third-order valence-electron chi connectivity index (χ3n) is 2.38. The first-order valence-corrected chi connectivity index (χ1v) is 4.66. The second-order valence-corrected chi connectivity index (χ2v) is 3.58. The highest BCUT2D eigenvalue weighted by molar-refractivity contribution is 5.10. The summed E-state index contributed by atoms with van der Waals surface area (Å²) in [5.41, 5.74) is 0. The lowest BCUT2D eigenvalue weighted by Crippen LogP contribution is -2.18. The summed E-state index contributed by atoms with van der Waals surface area (Å²) in [6.45, 7) is 3.58. The molecule has 1 nitrogen and oxygen atoms in total. The maximum Gasteiger partial charge on any atom is 0.0601 e. The van der Waals surface area contributed by atoms with Crippen LogP contribution in [0.1, 0.15) is 25.7 Å². The van der Waals surface area contributed by atoms with Crippen LogP contribution in [0.3, 0.4) is 0 Å². The molecule has 1 heteroatoms. The highest BCUT2D eigenvalue weighted by Crippen LogP contribution is 2.27. The van der Waals surface area contributed by atoms with Crippen molar-refractivity contribution < 1.29 is 0 Å². The van der Waals surface area contributed by atoms with Crippen LogP contribution >= 0.6 is 0 Å². The first-order valence-electron chi connectivity index (χ1n) is 4.66. The highest BCUT2D eigenvalue weighted by atomic mass is 15.1. The van der Waals surface area contributed by atoms with E-state index in [2.05, 4.69) is 16.7 Å². The van der Waals surface area contributed by atoms with Gasteiger partial charge in [-0.15, -0.1) is 0 Å². The third kappa shape index (κ3) is 2.24. The molecule has 0 aromatic carbocycles. The molecular formula is C10H15N. The fourth-order valence-corrected chi connectivity index (χ4v) is 1.47. The van der Waals surface area contributed by atoms with E-state index in [-0.39, 0.29) is 0 Å². The lowest BCUT2D eigenvalue weighted by atomic mass is 10.4. The summed E-state index contributed by atoms with van der Waals surface area (Å²) in [6.07, 6.45) is 5.47. The predicted octanol–water partition coefficient (Wildman–Crippen LogP) is 1.50. The minimum atomic E-state index is 0.776. The van der Waals surface area contributed by atoms with Crippen LogP contribution in [-0.2, 0) is 0 Å². The first-order chi connectivity index (χ1) is 5.45. The van der Waals surface area contributed by atoms with Gasteiger partial charge in [0.1, 0.15) is 0 Å². The fraction of sp³-hybridized carbons (Fsp3) is 0.800. The molecule has 0 spiro atoms. The zero-order valence-electron chi connectivity index (χ0n) is 6.97. The van der Waals surface area contributed by atoms with Crippen molar-refractivity contribution in [2.45, 2.75) is 25.7 Å². The summed E-state index contributed by atoms with van der Waals surface area (Å²) in [5.74, 6) is 7.33. The Labute approximate surface area is 68.8 Å². The van der Waals surface area contributed by atoms with Gasteiger partial charge in [0.05, 0.1) is 6.54 Å². The average Bonchev–Trinajstić information content (AvgIpc) is 2.66. The molecule has 1 saturated heterocycles. The van der Waals surface area contributed by atoms with Crippen molar-refractivity contribution in [3.8, 4) is 11.8 Å². The largest absolute Gasteiger partial charge is 0.292 e. The molecular weight excluding hydrogens is 134 g/mol. The normalized spacial score (nSPS) is 24.7. The number of hydrogen-bond donors (Lipinski definition) is 0. The van der Waals surface area contributed by atoms with Gasteiger partial charge in [-0.3, -0.25) is 4.90 Å². The minimum Gasteiger partial charge on any atom is -0.292 e. The van der Waals surface area contributed by atoms with E-state index < -0.39 is 0 Å². The van der Waals surface area contributed by atoms with E-state index in [4.69, 9.17) is 0 Å². The topological polar surface area (TPSA) is 3.24 Å². The van der Waals surface area contributed by atoms with Gasteiger partial charge in [-0.25, -0.2) is 0 Å². The molecule has 60 valence electrons. The summed E-state index contributed by atoms with van der Waals surface area (Å²) in [4.78, 5) is 2.45. The molecule has 1 heterocycles. The molecule has 2 rings (SSSR count). The SMILES string of the molecule is C(#CC1CC1)CN1CCCC1. The van der Waals surface area contributed by atoms with Crippen LogP contribution in [0.4, 0.5) is 0 Å². The molecule has 1 aliphatic heterocycles. The van der Waals surface area contributed by atoms with Crippen molar-refractivity contribution in [3.05, 3.63) is 0 Å². The van der Waals surface area contributed by atoms with E-state index in [1.807, 2.05) is 0 Å². The van der Waals surface area contributed by atoms with Gasteiger partial charge in [0.15, 0.2) is 0 Å². The van der Waals surface area contributed by atoms with Crippen LogP contribution in [0.25, 0.3) is 0 Å². The van der Waals surface area contributed by atoms with E-state index in [9.17, 15) is 0 Å². The number of hydrogen-bond acceptors (Lipinski definition) is 1. The molecule has 1 aliphatic carbocycles. The molecule has 0 amide bonds. The smallest absolute Gasteiger partial charge is 0.0601 e. The molecule has 0 radical (unpaired) electrons. The predicted molar refractivity (Wildman–Crippen MR) is 46.2 cm³/mol. The molecule has 2 fully saturated rings. The Kier molecular flexibility index (Phi) is 2.14. The zero-order valence-corrected chi connectivity index (χ0v) is 6.97. The number of rotatable bonds is 1. The molecule has 2 aliphatic rings. The van der Waals surface area contributed by atoms with Crippen LogP contribution in [0, 0.1) is 17.8 Å². The number of likely N-dealkylation sites (tertiary alicyclic amines) is 1. The first kappa shape index (κ1) is 7.18. The van der Waals surface area contributed by atoms with Gasteiger partial charge in [0.25, 0.3) is 0 Å². The van der Waals surface area contributed by atoms with Crippen LogP contribution in [-0.4, -0.2) is 24.5 Å².